The Balaban J connectivity index is 1.84. The lowest BCUT2D eigenvalue weighted by Gasteiger charge is -2.06. The van der Waals surface area contributed by atoms with Gasteiger partial charge in [-0.3, -0.25) is 4.79 Å². The van der Waals surface area contributed by atoms with Crippen LogP contribution in [0.1, 0.15) is 0 Å². The fourth-order valence-corrected chi connectivity index (χ4v) is 2.28. The van der Waals surface area contributed by atoms with Gasteiger partial charge in [-0.05, 0) is 48.5 Å². The van der Waals surface area contributed by atoms with E-state index in [1.165, 1.54) is 11.8 Å². The summed E-state index contributed by atoms with van der Waals surface area (Å²) in [7, 11) is 1.61. The van der Waals surface area contributed by atoms with Crippen LogP contribution in [0.5, 0.6) is 5.75 Å². The quantitative estimate of drug-likeness (QED) is 0.655. The van der Waals surface area contributed by atoms with Gasteiger partial charge in [-0.2, -0.15) is 0 Å². The van der Waals surface area contributed by atoms with Crippen LogP contribution in [0.4, 0.5) is 11.4 Å². The summed E-state index contributed by atoms with van der Waals surface area (Å²) in [6.45, 7) is 0. The van der Waals surface area contributed by atoms with Crippen LogP contribution in [-0.2, 0) is 4.79 Å². The molecule has 2 aromatic rings. The third-order valence-corrected chi connectivity index (χ3v) is 3.64. The van der Waals surface area contributed by atoms with E-state index < -0.39 is 0 Å². The molecule has 0 saturated heterocycles. The molecule has 3 N–H and O–H groups in total. The Morgan fingerprint density at radius 2 is 1.80 bits per heavy atom. The average molecular weight is 288 g/mol. The van der Waals surface area contributed by atoms with Gasteiger partial charge in [0.2, 0.25) is 5.91 Å². The van der Waals surface area contributed by atoms with Gasteiger partial charge >= 0.3 is 0 Å². The van der Waals surface area contributed by atoms with Crippen molar-refractivity contribution in [3.8, 4) is 5.75 Å². The summed E-state index contributed by atoms with van der Waals surface area (Å²) in [6.07, 6.45) is 0. The predicted molar refractivity (Wildman–Crippen MR) is 83.2 cm³/mol. The zero-order valence-electron chi connectivity index (χ0n) is 11.1. The molecule has 0 aliphatic heterocycles. The van der Waals surface area contributed by atoms with Crippen molar-refractivity contribution >= 4 is 29.0 Å². The third kappa shape index (κ3) is 4.20. The van der Waals surface area contributed by atoms with Crippen molar-refractivity contribution in [2.75, 3.05) is 23.9 Å². The molecule has 0 atom stereocenters. The molecular weight excluding hydrogens is 272 g/mol. The molecule has 20 heavy (non-hydrogen) atoms. The number of thioether (sulfide) groups is 1. The van der Waals surface area contributed by atoms with Crippen molar-refractivity contribution in [1.29, 1.82) is 0 Å². The Labute approximate surface area is 122 Å². The van der Waals surface area contributed by atoms with E-state index in [-0.39, 0.29) is 5.91 Å². The van der Waals surface area contributed by atoms with Gasteiger partial charge in [0.25, 0.3) is 0 Å². The molecular formula is C15H16N2O2S. The molecule has 0 heterocycles. The molecule has 2 aromatic carbocycles. The van der Waals surface area contributed by atoms with Gasteiger partial charge in [0.15, 0.2) is 0 Å². The molecule has 104 valence electrons. The van der Waals surface area contributed by atoms with Crippen LogP contribution >= 0.6 is 11.8 Å². The summed E-state index contributed by atoms with van der Waals surface area (Å²) < 4.78 is 5.06. The van der Waals surface area contributed by atoms with Crippen LogP contribution in [0.3, 0.4) is 0 Å². The second-order valence-corrected chi connectivity index (χ2v) is 5.18. The van der Waals surface area contributed by atoms with E-state index >= 15 is 0 Å². The van der Waals surface area contributed by atoms with Crippen molar-refractivity contribution in [3.05, 3.63) is 48.5 Å². The summed E-state index contributed by atoms with van der Waals surface area (Å²) in [6, 6.07) is 14.7. The second-order valence-electron chi connectivity index (χ2n) is 4.13. The normalized spacial score (nSPS) is 10.1. The van der Waals surface area contributed by atoms with Crippen LogP contribution in [0.15, 0.2) is 53.4 Å². The fourth-order valence-electron chi connectivity index (χ4n) is 1.58. The first-order chi connectivity index (χ1) is 9.67. The van der Waals surface area contributed by atoms with E-state index in [1.54, 1.807) is 7.11 Å². The summed E-state index contributed by atoms with van der Waals surface area (Å²) in [5.74, 6) is 1.08. The van der Waals surface area contributed by atoms with Gasteiger partial charge in [0, 0.05) is 16.3 Å². The van der Waals surface area contributed by atoms with Gasteiger partial charge in [0.05, 0.1) is 12.9 Å². The number of ether oxygens (including phenoxy) is 1. The first-order valence-corrected chi connectivity index (χ1v) is 7.08. The number of methoxy groups -OCH3 is 1. The van der Waals surface area contributed by atoms with E-state index in [4.69, 9.17) is 10.5 Å². The maximum Gasteiger partial charge on any atom is 0.234 e. The number of nitrogen functional groups attached to an aromatic ring is 1. The average Bonchev–Trinajstić information content (AvgIpc) is 2.47. The molecule has 2 rings (SSSR count). The van der Waals surface area contributed by atoms with Gasteiger partial charge in [-0.15, -0.1) is 11.8 Å². The molecule has 0 aromatic heterocycles. The zero-order valence-corrected chi connectivity index (χ0v) is 11.9. The molecule has 5 heteroatoms. The lowest BCUT2D eigenvalue weighted by molar-refractivity contribution is -0.113. The Bertz CT molecular complexity index is 567. The lowest BCUT2D eigenvalue weighted by atomic mass is 10.3. The highest BCUT2D eigenvalue weighted by Crippen LogP contribution is 2.20. The number of hydrogen-bond acceptors (Lipinski definition) is 4. The number of benzene rings is 2. The van der Waals surface area contributed by atoms with Crippen LogP contribution in [0.2, 0.25) is 0 Å². The molecule has 0 saturated carbocycles. The number of carbonyl (C=O) groups is 1. The summed E-state index contributed by atoms with van der Waals surface area (Å²) >= 11 is 1.47. The van der Waals surface area contributed by atoms with Crippen molar-refractivity contribution < 1.29 is 9.53 Å². The number of carbonyl (C=O) groups excluding carboxylic acids is 1. The SMILES string of the molecule is COc1ccc(NC(=O)CSc2ccc(N)cc2)cc1. The smallest absolute Gasteiger partial charge is 0.234 e. The fraction of sp³-hybridized carbons (Fsp3) is 0.133. The molecule has 0 aliphatic carbocycles. The first kappa shape index (κ1) is 14.3. The molecule has 0 spiro atoms. The summed E-state index contributed by atoms with van der Waals surface area (Å²) in [4.78, 5) is 12.8. The largest absolute Gasteiger partial charge is 0.497 e. The minimum atomic E-state index is -0.0445. The number of nitrogens with two attached hydrogens (primary N) is 1. The highest BCUT2D eigenvalue weighted by Gasteiger charge is 2.04. The summed E-state index contributed by atoms with van der Waals surface area (Å²) in [5.41, 5.74) is 7.09. The second kappa shape index (κ2) is 6.86. The molecule has 0 aliphatic rings. The minimum absolute atomic E-state index is 0.0445. The van der Waals surface area contributed by atoms with Crippen molar-refractivity contribution in [1.82, 2.24) is 0 Å². The van der Waals surface area contributed by atoms with Gasteiger partial charge in [-0.25, -0.2) is 0 Å². The Morgan fingerprint density at radius 1 is 1.15 bits per heavy atom. The number of nitrogens with one attached hydrogen (secondary N) is 1. The number of anilines is 2. The lowest BCUT2D eigenvalue weighted by Crippen LogP contribution is -2.13. The van der Waals surface area contributed by atoms with Gasteiger partial charge < -0.3 is 15.8 Å². The molecule has 0 bridgehead atoms. The topological polar surface area (TPSA) is 64.3 Å². The predicted octanol–water partition coefficient (Wildman–Crippen LogP) is 3.01. The van der Waals surface area contributed by atoms with Crippen LogP contribution in [-0.4, -0.2) is 18.8 Å². The van der Waals surface area contributed by atoms with E-state index in [1.807, 2.05) is 48.5 Å². The third-order valence-electron chi connectivity index (χ3n) is 2.62. The number of hydrogen-bond donors (Lipinski definition) is 2. The minimum Gasteiger partial charge on any atom is -0.497 e. The summed E-state index contributed by atoms with van der Waals surface area (Å²) in [5, 5.41) is 2.83. The van der Waals surface area contributed by atoms with Crippen LogP contribution < -0.4 is 15.8 Å². The monoisotopic (exact) mass is 288 g/mol. The molecule has 1 amide bonds. The molecule has 0 fully saturated rings. The molecule has 0 unspecified atom stereocenters. The molecule has 4 nitrogen and oxygen atoms in total. The molecule has 0 radical (unpaired) electrons. The van der Waals surface area contributed by atoms with E-state index in [2.05, 4.69) is 5.32 Å². The maximum atomic E-state index is 11.8. The van der Waals surface area contributed by atoms with E-state index in [0.29, 0.717) is 5.75 Å². The highest BCUT2D eigenvalue weighted by atomic mass is 32.2. The Kier molecular flexibility index (Phi) is 4.90. The first-order valence-electron chi connectivity index (χ1n) is 6.09. The van der Waals surface area contributed by atoms with Crippen LogP contribution in [0, 0.1) is 0 Å². The Hall–Kier alpha value is -2.14. The van der Waals surface area contributed by atoms with E-state index in [9.17, 15) is 4.79 Å². The maximum absolute atomic E-state index is 11.8. The van der Waals surface area contributed by atoms with Gasteiger partial charge in [-0.1, -0.05) is 0 Å². The van der Waals surface area contributed by atoms with E-state index in [0.717, 1.165) is 22.0 Å². The standard InChI is InChI=1S/C15H16N2O2S/c1-19-13-6-4-12(5-7-13)17-15(18)10-20-14-8-2-11(16)3-9-14/h2-9H,10,16H2,1H3,(H,17,18). The highest BCUT2D eigenvalue weighted by molar-refractivity contribution is 8.00. The van der Waals surface area contributed by atoms with Crippen LogP contribution in [0.25, 0.3) is 0 Å². The zero-order chi connectivity index (χ0) is 14.4. The van der Waals surface area contributed by atoms with Gasteiger partial charge in [0.1, 0.15) is 5.75 Å². The number of amides is 1. The van der Waals surface area contributed by atoms with Crippen molar-refractivity contribution in [3.63, 3.8) is 0 Å². The van der Waals surface area contributed by atoms with Crippen molar-refractivity contribution in [2.45, 2.75) is 4.90 Å². The Morgan fingerprint density at radius 3 is 2.40 bits per heavy atom. The van der Waals surface area contributed by atoms with Crippen molar-refractivity contribution in [2.24, 2.45) is 0 Å². The number of rotatable bonds is 5.